The summed E-state index contributed by atoms with van der Waals surface area (Å²) in [7, 11) is 0. The minimum Gasteiger partial charge on any atom is -0.387 e. The first-order chi connectivity index (χ1) is 6.93. The van der Waals surface area contributed by atoms with Crippen LogP contribution in [0.25, 0.3) is 0 Å². The highest BCUT2D eigenvalue weighted by Crippen LogP contribution is 2.46. The lowest BCUT2D eigenvalue weighted by Gasteiger charge is -2.36. The van der Waals surface area contributed by atoms with Gasteiger partial charge in [-0.3, -0.25) is 0 Å². The fraction of sp³-hybridized carbons (Fsp3) is 0.455. The van der Waals surface area contributed by atoms with Crippen LogP contribution in [0.1, 0.15) is 31.1 Å². The van der Waals surface area contributed by atoms with Gasteiger partial charge in [-0.2, -0.15) is 0 Å². The Kier molecular flexibility index (Phi) is 2.51. The van der Waals surface area contributed by atoms with Gasteiger partial charge in [-0.15, -0.1) is 11.8 Å². The minimum atomic E-state index is -0.957. The Balaban J connectivity index is 2.60. The summed E-state index contributed by atoms with van der Waals surface area (Å²) in [6.45, 7) is 3.66. The molecule has 1 aliphatic rings. The lowest BCUT2D eigenvalue weighted by atomic mass is 9.93. The molecule has 0 aliphatic carbocycles. The van der Waals surface area contributed by atoms with Crippen molar-refractivity contribution in [3.63, 3.8) is 0 Å². The molecule has 0 amide bonds. The summed E-state index contributed by atoms with van der Waals surface area (Å²) in [5, 5.41) is 9.97. The molecule has 82 valence electrons. The lowest BCUT2D eigenvalue weighted by Crippen LogP contribution is -2.31. The van der Waals surface area contributed by atoms with E-state index < -0.39 is 22.5 Å². The van der Waals surface area contributed by atoms with E-state index in [1.807, 2.05) is 13.8 Å². The molecule has 15 heavy (non-hydrogen) atoms. The summed E-state index contributed by atoms with van der Waals surface area (Å²) in [6.07, 6.45) is -0.957. The van der Waals surface area contributed by atoms with Crippen LogP contribution >= 0.6 is 11.8 Å². The van der Waals surface area contributed by atoms with Gasteiger partial charge in [0.25, 0.3) is 0 Å². The standard InChI is InChI=1S/C11H12F2OS/c1-11(2)10(14)9-6(5-15-11)7(12)3-4-8(9)13/h3-4,10,14H,5H2,1-2H3. The quantitative estimate of drug-likeness (QED) is 0.739. The van der Waals surface area contributed by atoms with Crippen molar-refractivity contribution in [3.05, 3.63) is 34.9 Å². The van der Waals surface area contributed by atoms with Crippen molar-refractivity contribution in [1.29, 1.82) is 0 Å². The van der Waals surface area contributed by atoms with Crippen LogP contribution in [0.5, 0.6) is 0 Å². The molecule has 0 saturated heterocycles. The largest absolute Gasteiger partial charge is 0.387 e. The zero-order chi connectivity index (χ0) is 11.2. The fourth-order valence-corrected chi connectivity index (χ4v) is 2.82. The monoisotopic (exact) mass is 230 g/mol. The fourth-order valence-electron chi connectivity index (χ4n) is 1.74. The van der Waals surface area contributed by atoms with E-state index in [9.17, 15) is 13.9 Å². The zero-order valence-corrected chi connectivity index (χ0v) is 9.37. The molecule has 1 N–H and O–H groups in total. The van der Waals surface area contributed by atoms with Gasteiger partial charge in [0, 0.05) is 21.6 Å². The predicted molar refractivity (Wildman–Crippen MR) is 56.7 cm³/mol. The van der Waals surface area contributed by atoms with Crippen LogP contribution in [-0.2, 0) is 5.75 Å². The molecule has 2 rings (SSSR count). The van der Waals surface area contributed by atoms with Crippen molar-refractivity contribution < 1.29 is 13.9 Å². The van der Waals surface area contributed by atoms with Gasteiger partial charge < -0.3 is 5.11 Å². The Morgan fingerprint density at radius 3 is 2.60 bits per heavy atom. The van der Waals surface area contributed by atoms with E-state index in [0.717, 1.165) is 12.1 Å². The van der Waals surface area contributed by atoms with Crippen LogP contribution < -0.4 is 0 Å². The normalized spacial score (nSPS) is 23.7. The van der Waals surface area contributed by atoms with Crippen molar-refractivity contribution in [3.8, 4) is 0 Å². The van der Waals surface area contributed by atoms with E-state index >= 15 is 0 Å². The predicted octanol–water partition coefficient (Wildman–Crippen LogP) is 3.02. The summed E-state index contributed by atoms with van der Waals surface area (Å²) in [5.74, 6) is -0.552. The number of benzene rings is 1. The highest BCUT2D eigenvalue weighted by atomic mass is 32.2. The Hall–Kier alpha value is -0.610. The second-order valence-electron chi connectivity index (χ2n) is 4.22. The second-order valence-corrected chi connectivity index (χ2v) is 5.85. The second kappa shape index (κ2) is 3.46. The smallest absolute Gasteiger partial charge is 0.129 e. The molecule has 4 heteroatoms. The Morgan fingerprint density at radius 2 is 1.93 bits per heavy atom. The van der Waals surface area contributed by atoms with Gasteiger partial charge in [0.05, 0.1) is 6.10 Å². The third kappa shape index (κ3) is 1.66. The van der Waals surface area contributed by atoms with Gasteiger partial charge in [0.2, 0.25) is 0 Å². The van der Waals surface area contributed by atoms with Crippen molar-refractivity contribution >= 4 is 11.8 Å². The number of aliphatic hydroxyl groups excluding tert-OH is 1. The van der Waals surface area contributed by atoms with Gasteiger partial charge in [-0.05, 0) is 26.0 Å². The summed E-state index contributed by atoms with van der Waals surface area (Å²) in [5.41, 5.74) is 0.422. The van der Waals surface area contributed by atoms with Gasteiger partial charge in [-0.25, -0.2) is 8.78 Å². The third-order valence-electron chi connectivity index (χ3n) is 2.77. The molecular weight excluding hydrogens is 218 g/mol. The molecule has 0 aromatic heterocycles. The summed E-state index contributed by atoms with van der Waals surface area (Å²) in [4.78, 5) is 0. The number of thioether (sulfide) groups is 1. The first-order valence-corrected chi connectivity index (χ1v) is 5.71. The van der Waals surface area contributed by atoms with Gasteiger partial charge in [0.1, 0.15) is 11.6 Å². The van der Waals surface area contributed by atoms with Crippen molar-refractivity contribution in [2.24, 2.45) is 0 Å². The third-order valence-corrected chi connectivity index (χ3v) is 4.17. The van der Waals surface area contributed by atoms with Crippen molar-refractivity contribution in [1.82, 2.24) is 0 Å². The molecule has 1 aliphatic heterocycles. The highest BCUT2D eigenvalue weighted by Gasteiger charge is 2.38. The molecule has 1 aromatic rings. The van der Waals surface area contributed by atoms with Gasteiger partial charge in [-0.1, -0.05) is 0 Å². The molecule has 0 spiro atoms. The lowest BCUT2D eigenvalue weighted by molar-refractivity contribution is 0.136. The SMILES string of the molecule is CC1(C)SCc2c(F)ccc(F)c2C1O. The van der Waals surface area contributed by atoms with E-state index in [2.05, 4.69) is 0 Å². The van der Waals surface area contributed by atoms with Crippen LogP contribution in [0.3, 0.4) is 0 Å². The number of hydrogen-bond acceptors (Lipinski definition) is 2. The van der Waals surface area contributed by atoms with Crippen molar-refractivity contribution in [2.45, 2.75) is 30.5 Å². The number of aliphatic hydroxyl groups is 1. The van der Waals surface area contributed by atoms with Crippen LogP contribution in [0.2, 0.25) is 0 Å². The van der Waals surface area contributed by atoms with Crippen LogP contribution in [0, 0.1) is 11.6 Å². The van der Waals surface area contributed by atoms with E-state index in [-0.39, 0.29) is 5.56 Å². The maximum atomic E-state index is 13.5. The van der Waals surface area contributed by atoms with Crippen molar-refractivity contribution in [2.75, 3.05) is 0 Å². The average Bonchev–Trinajstić information content (AvgIpc) is 2.16. The first-order valence-electron chi connectivity index (χ1n) is 4.72. The summed E-state index contributed by atoms with van der Waals surface area (Å²) < 4.78 is 26.4. The Labute approximate surface area is 91.5 Å². The molecule has 1 atom stereocenters. The Morgan fingerprint density at radius 1 is 1.33 bits per heavy atom. The molecule has 0 fully saturated rings. The molecular formula is C11H12F2OS. The van der Waals surface area contributed by atoms with Crippen LogP contribution in [-0.4, -0.2) is 9.85 Å². The molecule has 1 unspecified atom stereocenters. The molecule has 0 saturated carbocycles. The maximum absolute atomic E-state index is 13.5. The van der Waals surface area contributed by atoms with E-state index in [1.54, 1.807) is 0 Å². The number of halogens is 2. The van der Waals surface area contributed by atoms with Gasteiger partial charge in [0.15, 0.2) is 0 Å². The van der Waals surface area contributed by atoms with Crippen LogP contribution in [0.15, 0.2) is 12.1 Å². The van der Waals surface area contributed by atoms with E-state index in [0.29, 0.717) is 11.3 Å². The molecule has 1 aromatic carbocycles. The molecule has 1 heterocycles. The van der Waals surface area contributed by atoms with E-state index in [1.165, 1.54) is 11.8 Å². The van der Waals surface area contributed by atoms with Gasteiger partial charge >= 0.3 is 0 Å². The minimum absolute atomic E-state index is 0.124. The number of fused-ring (bicyclic) bond motifs is 1. The number of rotatable bonds is 0. The first kappa shape index (κ1) is 10.9. The highest BCUT2D eigenvalue weighted by molar-refractivity contribution is 7.99. The topological polar surface area (TPSA) is 20.2 Å². The zero-order valence-electron chi connectivity index (χ0n) is 8.55. The maximum Gasteiger partial charge on any atom is 0.129 e. The summed E-state index contributed by atoms with van der Waals surface area (Å²) >= 11 is 1.44. The molecule has 0 radical (unpaired) electrons. The van der Waals surface area contributed by atoms with E-state index in [4.69, 9.17) is 0 Å². The molecule has 1 nitrogen and oxygen atoms in total. The summed E-state index contributed by atoms with van der Waals surface area (Å²) in [6, 6.07) is 2.18. The van der Waals surface area contributed by atoms with Crippen LogP contribution in [0.4, 0.5) is 8.78 Å². The number of hydrogen-bond donors (Lipinski definition) is 1. The average molecular weight is 230 g/mol. The Bertz CT molecular complexity index is 404. The molecule has 0 bridgehead atoms.